The van der Waals surface area contributed by atoms with Gasteiger partial charge in [-0.25, -0.2) is 4.98 Å². The van der Waals surface area contributed by atoms with E-state index in [2.05, 4.69) is 28.6 Å². The summed E-state index contributed by atoms with van der Waals surface area (Å²) in [6, 6.07) is 24.0. The molecule has 1 aromatic heterocycles. The maximum Gasteiger partial charge on any atom is 0.220 e. The third-order valence-electron chi connectivity index (χ3n) is 8.62. The predicted octanol–water partition coefficient (Wildman–Crippen LogP) is 7.15. The van der Waals surface area contributed by atoms with Gasteiger partial charge in [0.2, 0.25) is 11.8 Å². The highest BCUT2D eigenvalue weighted by molar-refractivity contribution is 6.40. The third-order valence-corrected chi connectivity index (χ3v) is 9.39. The molecule has 0 radical (unpaired) electrons. The van der Waals surface area contributed by atoms with E-state index < -0.39 is 6.29 Å². The van der Waals surface area contributed by atoms with E-state index in [4.69, 9.17) is 32.7 Å². The van der Waals surface area contributed by atoms with Crippen molar-refractivity contribution >= 4 is 35.0 Å². The third kappa shape index (κ3) is 9.45. The molecule has 1 saturated heterocycles. The SMILES string of the molecule is CC(=O)NCCCCCC(=O)NCc1cccc(-c2ccc([C@H]3O[C@@H](Cn4cnc(Cl)c4Cl)[C@@H](C)[C@@H](c4ccc(CO)cc4)O3)cc2)c1. The molecule has 2 heterocycles. The molecule has 9 nitrogen and oxygen atoms in total. The number of aromatic nitrogens is 2. The molecule has 254 valence electrons. The second kappa shape index (κ2) is 17.1. The van der Waals surface area contributed by atoms with Crippen molar-refractivity contribution in [1.82, 2.24) is 20.2 Å². The number of hydrogen-bond donors (Lipinski definition) is 3. The van der Waals surface area contributed by atoms with Crippen LogP contribution in [0.5, 0.6) is 0 Å². The Kier molecular flexibility index (Phi) is 12.7. The highest BCUT2D eigenvalue weighted by atomic mass is 35.5. The molecule has 1 aliphatic heterocycles. The first-order valence-electron chi connectivity index (χ1n) is 16.3. The van der Waals surface area contributed by atoms with Gasteiger partial charge < -0.3 is 29.8 Å². The smallest absolute Gasteiger partial charge is 0.220 e. The molecule has 3 aromatic carbocycles. The number of hydrogen-bond acceptors (Lipinski definition) is 6. The normalized spacial score (nSPS) is 19.2. The average Bonchev–Trinajstić information content (AvgIpc) is 3.42. The molecule has 0 bridgehead atoms. The van der Waals surface area contributed by atoms with Crippen LogP contribution in [0.3, 0.4) is 0 Å². The van der Waals surface area contributed by atoms with Crippen LogP contribution in [-0.4, -0.2) is 39.1 Å². The zero-order valence-electron chi connectivity index (χ0n) is 27.2. The Morgan fingerprint density at radius 2 is 1.65 bits per heavy atom. The van der Waals surface area contributed by atoms with Crippen molar-refractivity contribution in [2.75, 3.05) is 6.54 Å². The molecule has 48 heavy (non-hydrogen) atoms. The number of rotatable bonds is 14. The van der Waals surface area contributed by atoms with Crippen molar-refractivity contribution in [2.24, 2.45) is 5.92 Å². The van der Waals surface area contributed by atoms with E-state index in [0.29, 0.717) is 31.2 Å². The Hall–Kier alpha value is -3.73. The largest absolute Gasteiger partial charge is 0.392 e. The van der Waals surface area contributed by atoms with Crippen LogP contribution in [0.25, 0.3) is 11.1 Å². The molecule has 4 atom stereocenters. The standard InChI is InChI=1S/C37H42Cl2N4O5/c1-24-32(21-43-23-42-35(38)36(43)39)47-37(48-34(24)29-12-10-26(22-44)11-13-29)30-16-14-28(15-17-30)31-8-6-7-27(19-31)20-41-33(46)9-4-3-5-18-40-25(2)45/h6-8,10-17,19,23-24,32,34,37,44H,3-5,9,18,20-22H2,1-2H3,(H,40,45)(H,41,46)/t24-,32+,34+,37+/m1/s1. The van der Waals surface area contributed by atoms with E-state index in [1.54, 1.807) is 10.9 Å². The van der Waals surface area contributed by atoms with Gasteiger partial charge in [-0.3, -0.25) is 9.59 Å². The highest BCUT2D eigenvalue weighted by Gasteiger charge is 2.38. The fraction of sp³-hybridized carbons (Fsp3) is 0.378. The molecule has 0 saturated carbocycles. The number of ether oxygens (including phenoxy) is 2. The molecular formula is C37H42Cl2N4O5. The Balaban J connectivity index is 1.24. The maximum absolute atomic E-state index is 12.4. The zero-order chi connectivity index (χ0) is 34.0. The summed E-state index contributed by atoms with van der Waals surface area (Å²) in [5, 5.41) is 15.9. The molecule has 2 amide bonds. The summed E-state index contributed by atoms with van der Waals surface area (Å²) in [5.41, 5.74) is 5.79. The fourth-order valence-electron chi connectivity index (χ4n) is 5.83. The number of unbranched alkanes of at least 4 members (excludes halogenated alkanes) is 2. The van der Waals surface area contributed by atoms with Gasteiger partial charge in [-0.1, -0.05) is 103 Å². The number of imidazole rings is 1. The number of carbonyl (C=O) groups is 2. The monoisotopic (exact) mass is 692 g/mol. The summed E-state index contributed by atoms with van der Waals surface area (Å²) in [5.74, 6) is -0.0432. The molecule has 3 N–H and O–H groups in total. The number of aliphatic hydroxyl groups excluding tert-OH is 1. The van der Waals surface area contributed by atoms with Crippen LogP contribution in [-0.2, 0) is 38.8 Å². The Labute approximate surface area is 291 Å². The molecule has 4 aromatic rings. The lowest BCUT2D eigenvalue weighted by molar-refractivity contribution is -0.276. The van der Waals surface area contributed by atoms with E-state index >= 15 is 0 Å². The summed E-state index contributed by atoms with van der Waals surface area (Å²) in [6.07, 6.45) is 3.46. The Bertz CT molecular complexity index is 1660. The van der Waals surface area contributed by atoms with Gasteiger partial charge in [0.25, 0.3) is 0 Å². The second-order valence-electron chi connectivity index (χ2n) is 12.2. The van der Waals surface area contributed by atoms with Gasteiger partial charge in [-0.2, -0.15) is 0 Å². The predicted molar refractivity (Wildman–Crippen MR) is 186 cm³/mol. The molecule has 11 heteroatoms. The molecule has 0 unspecified atom stereocenters. The van der Waals surface area contributed by atoms with Crippen molar-refractivity contribution < 1.29 is 24.2 Å². The summed E-state index contributed by atoms with van der Waals surface area (Å²) >= 11 is 12.5. The number of nitrogens with one attached hydrogen (secondary N) is 2. The van der Waals surface area contributed by atoms with E-state index in [0.717, 1.165) is 52.6 Å². The first-order chi connectivity index (χ1) is 23.2. The van der Waals surface area contributed by atoms with Crippen LogP contribution in [0.1, 0.15) is 74.2 Å². The maximum atomic E-state index is 12.4. The molecule has 0 aliphatic carbocycles. The van der Waals surface area contributed by atoms with Gasteiger partial charge in [0.15, 0.2) is 11.4 Å². The number of benzene rings is 3. The van der Waals surface area contributed by atoms with Crippen LogP contribution < -0.4 is 10.6 Å². The number of amides is 2. The van der Waals surface area contributed by atoms with E-state index in [1.165, 1.54) is 6.92 Å². The van der Waals surface area contributed by atoms with Crippen LogP contribution in [0.15, 0.2) is 79.1 Å². The number of nitrogens with zero attached hydrogens (tertiary/aromatic N) is 2. The lowest BCUT2D eigenvalue weighted by Gasteiger charge is -2.41. The fourth-order valence-corrected chi connectivity index (χ4v) is 6.14. The highest BCUT2D eigenvalue weighted by Crippen LogP contribution is 2.42. The summed E-state index contributed by atoms with van der Waals surface area (Å²) in [4.78, 5) is 27.5. The average molecular weight is 694 g/mol. The molecular weight excluding hydrogens is 651 g/mol. The van der Waals surface area contributed by atoms with Crippen molar-refractivity contribution in [3.8, 4) is 11.1 Å². The summed E-state index contributed by atoms with van der Waals surface area (Å²) < 4.78 is 14.9. The first-order valence-corrected chi connectivity index (χ1v) is 17.0. The Morgan fingerprint density at radius 3 is 2.33 bits per heavy atom. The molecule has 5 rings (SSSR count). The van der Waals surface area contributed by atoms with Gasteiger partial charge in [0.05, 0.1) is 31.7 Å². The van der Waals surface area contributed by atoms with Crippen molar-refractivity contribution in [3.63, 3.8) is 0 Å². The van der Waals surface area contributed by atoms with Gasteiger partial charge in [0.1, 0.15) is 5.15 Å². The van der Waals surface area contributed by atoms with Gasteiger partial charge >= 0.3 is 0 Å². The second-order valence-corrected chi connectivity index (χ2v) is 12.9. The van der Waals surface area contributed by atoms with Crippen LogP contribution in [0, 0.1) is 5.92 Å². The topological polar surface area (TPSA) is 115 Å². The lowest BCUT2D eigenvalue weighted by atomic mass is 9.90. The van der Waals surface area contributed by atoms with E-state index in [9.17, 15) is 14.7 Å². The van der Waals surface area contributed by atoms with Crippen molar-refractivity contribution in [1.29, 1.82) is 0 Å². The van der Waals surface area contributed by atoms with Crippen LogP contribution in [0.2, 0.25) is 10.3 Å². The van der Waals surface area contributed by atoms with E-state index in [-0.39, 0.29) is 41.7 Å². The van der Waals surface area contributed by atoms with E-state index in [1.807, 2.05) is 66.7 Å². The molecule has 0 spiro atoms. The first kappa shape index (κ1) is 35.6. The minimum Gasteiger partial charge on any atom is -0.392 e. The summed E-state index contributed by atoms with van der Waals surface area (Å²) in [6.45, 7) is 5.11. The van der Waals surface area contributed by atoms with Gasteiger partial charge in [0, 0.05) is 37.9 Å². The van der Waals surface area contributed by atoms with Gasteiger partial charge in [-0.05, 0) is 46.7 Å². The summed E-state index contributed by atoms with van der Waals surface area (Å²) in [7, 11) is 0. The zero-order valence-corrected chi connectivity index (χ0v) is 28.7. The number of carbonyl (C=O) groups excluding carboxylic acids is 2. The number of aliphatic hydroxyl groups is 1. The minimum atomic E-state index is -0.632. The molecule has 1 fully saturated rings. The molecule has 1 aliphatic rings. The van der Waals surface area contributed by atoms with Gasteiger partial charge in [-0.15, -0.1) is 0 Å². The van der Waals surface area contributed by atoms with Crippen LogP contribution >= 0.6 is 23.2 Å². The quantitative estimate of drug-likeness (QED) is 0.121. The minimum absolute atomic E-state index is 0.0189. The van der Waals surface area contributed by atoms with Crippen LogP contribution in [0.4, 0.5) is 0 Å². The lowest BCUT2D eigenvalue weighted by Crippen LogP contribution is -2.39. The van der Waals surface area contributed by atoms with Crippen molar-refractivity contribution in [3.05, 3.63) is 112 Å². The Morgan fingerprint density at radius 1 is 0.896 bits per heavy atom. The number of halogens is 2. The van der Waals surface area contributed by atoms with Crippen molar-refractivity contribution in [2.45, 2.75) is 77.7 Å².